The van der Waals surface area contributed by atoms with Gasteiger partial charge in [0, 0.05) is 31.2 Å². The van der Waals surface area contributed by atoms with Gasteiger partial charge >= 0.3 is 0 Å². The summed E-state index contributed by atoms with van der Waals surface area (Å²) in [6.45, 7) is 6.40. The smallest absolute Gasteiger partial charge is 0.253 e. The minimum Gasteiger partial charge on any atom is -0.504 e. The van der Waals surface area contributed by atoms with Gasteiger partial charge in [0.15, 0.2) is 11.5 Å². The average Bonchev–Trinajstić information content (AvgIpc) is 3.79. The SMILES string of the molecule is COc1cc(C)ccc1O.C[C@H]1N(CC2CC2)CCC2CC(N(C)C(=O)c3ccc4ccccc4c3)CCC21O. The molecule has 1 amide bonds. The summed E-state index contributed by atoms with van der Waals surface area (Å²) in [5.41, 5.74) is 1.23. The minimum atomic E-state index is -0.601. The van der Waals surface area contributed by atoms with Crippen LogP contribution < -0.4 is 4.74 Å². The van der Waals surface area contributed by atoms with E-state index in [0.29, 0.717) is 5.75 Å². The number of carbonyl (C=O) groups excluding carboxylic acids is 1. The molecule has 1 heterocycles. The molecule has 0 bridgehead atoms. The van der Waals surface area contributed by atoms with Crippen molar-refractivity contribution in [1.29, 1.82) is 0 Å². The fourth-order valence-electron chi connectivity index (χ4n) is 6.71. The number of methoxy groups -OCH3 is 1. The molecule has 2 aliphatic carbocycles. The summed E-state index contributed by atoms with van der Waals surface area (Å²) in [5, 5.41) is 23.0. The fourth-order valence-corrected chi connectivity index (χ4v) is 6.71. The standard InChI is InChI=1S/C26H34N2O2.C8H10O2/c1-18-26(30)13-11-24(16-23(26)12-14-28(18)17-19-7-8-19)27(2)25(29)22-10-9-20-5-3-4-6-21(20)15-22;1-6-3-4-7(9)8(5-6)10-2/h3-6,9-10,15,18-19,23-24,30H,7-8,11-14,16-17H2,1-2H3;3-5,9H,1-2H3/t18-,23?,24?,26?;/m1./s1. The topological polar surface area (TPSA) is 73.2 Å². The molecule has 3 unspecified atom stereocenters. The van der Waals surface area contributed by atoms with E-state index >= 15 is 0 Å². The van der Waals surface area contributed by atoms with Crippen LogP contribution in [0.15, 0.2) is 60.7 Å². The zero-order valence-electron chi connectivity index (χ0n) is 24.3. The molecule has 214 valence electrons. The molecule has 6 nitrogen and oxygen atoms in total. The van der Waals surface area contributed by atoms with Gasteiger partial charge in [0.2, 0.25) is 0 Å². The van der Waals surface area contributed by atoms with Crippen molar-refractivity contribution in [3.63, 3.8) is 0 Å². The van der Waals surface area contributed by atoms with Crippen molar-refractivity contribution in [3.05, 3.63) is 71.8 Å². The molecule has 1 saturated heterocycles. The van der Waals surface area contributed by atoms with Gasteiger partial charge in [0.25, 0.3) is 5.91 Å². The third-order valence-electron chi connectivity index (χ3n) is 9.57. The first-order chi connectivity index (χ1) is 19.2. The third kappa shape index (κ3) is 5.98. The maximum Gasteiger partial charge on any atom is 0.253 e. The monoisotopic (exact) mass is 544 g/mol. The summed E-state index contributed by atoms with van der Waals surface area (Å²) in [7, 11) is 3.48. The fraction of sp³-hybridized carbons (Fsp3) is 0.500. The van der Waals surface area contributed by atoms with Gasteiger partial charge in [-0.25, -0.2) is 0 Å². The van der Waals surface area contributed by atoms with Gasteiger partial charge in [0.05, 0.1) is 12.7 Å². The van der Waals surface area contributed by atoms with Crippen LogP contribution in [0.3, 0.4) is 0 Å². The Morgan fingerprint density at radius 1 is 1.05 bits per heavy atom. The molecule has 0 spiro atoms. The second kappa shape index (κ2) is 11.8. The molecule has 4 atom stereocenters. The number of carbonyl (C=O) groups is 1. The number of aliphatic hydroxyl groups is 1. The van der Waals surface area contributed by atoms with Crippen molar-refractivity contribution in [2.45, 2.75) is 70.1 Å². The third-order valence-corrected chi connectivity index (χ3v) is 9.57. The Morgan fingerprint density at radius 2 is 1.80 bits per heavy atom. The van der Waals surface area contributed by atoms with Crippen LogP contribution in [0, 0.1) is 18.8 Å². The van der Waals surface area contributed by atoms with Gasteiger partial charge in [-0.05, 0) is 111 Å². The number of hydrogen-bond donors (Lipinski definition) is 2. The number of phenolic OH excluding ortho intramolecular Hbond substituents is 1. The number of hydrogen-bond acceptors (Lipinski definition) is 5. The number of phenols is 1. The first-order valence-electron chi connectivity index (χ1n) is 14.8. The van der Waals surface area contributed by atoms with Crippen LogP contribution in [-0.2, 0) is 0 Å². The molecule has 3 aliphatic rings. The molecular weight excluding hydrogens is 500 g/mol. The van der Waals surface area contributed by atoms with E-state index < -0.39 is 5.60 Å². The molecule has 3 fully saturated rings. The van der Waals surface area contributed by atoms with Crippen molar-refractivity contribution < 1.29 is 19.7 Å². The lowest BCUT2D eigenvalue weighted by atomic mass is 9.66. The second-order valence-electron chi connectivity index (χ2n) is 12.2. The number of amides is 1. The number of likely N-dealkylation sites (tertiary alicyclic amines) is 1. The zero-order valence-corrected chi connectivity index (χ0v) is 24.3. The summed E-state index contributed by atoms with van der Waals surface area (Å²) in [5.74, 6) is 1.95. The van der Waals surface area contributed by atoms with E-state index in [2.05, 4.69) is 24.0 Å². The molecule has 2 N–H and O–H groups in total. The maximum atomic E-state index is 13.2. The normalized spacial score (nSPS) is 26.4. The molecule has 40 heavy (non-hydrogen) atoms. The Hall–Kier alpha value is -3.09. The van der Waals surface area contributed by atoms with Gasteiger partial charge in [0.1, 0.15) is 0 Å². The highest BCUT2D eigenvalue weighted by molar-refractivity contribution is 5.98. The predicted octanol–water partition coefficient (Wildman–Crippen LogP) is 6.03. The van der Waals surface area contributed by atoms with E-state index in [1.807, 2.05) is 55.3 Å². The summed E-state index contributed by atoms with van der Waals surface area (Å²) >= 11 is 0. The highest BCUT2D eigenvalue weighted by Gasteiger charge is 2.51. The summed E-state index contributed by atoms with van der Waals surface area (Å²) < 4.78 is 4.88. The Labute approximate surface area is 238 Å². The first-order valence-corrected chi connectivity index (χ1v) is 14.8. The Kier molecular flexibility index (Phi) is 8.39. The number of aromatic hydroxyl groups is 1. The van der Waals surface area contributed by atoms with Gasteiger partial charge in [-0.2, -0.15) is 0 Å². The number of piperidine rings is 1. The molecule has 0 aromatic heterocycles. The van der Waals surface area contributed by atoms with E-state index in [4.69, 9.17) is 9.84 Å². The van der Waals surface area contributed by atoms with Crippen molar-refractivity contribution in [1.82, 2.24) is 9.80 Å². The van der Waals surface area contributed by atoms with E-state index in [1.54, 1.807) is 12.1 Å². The molecule has 3 aromatic rings. The van der Waals surface area contributed by atoms with Crippen LogP contribution >= 0.6 is 0 Å². The lowest BCUT2D eigenvalue weighted by Gasteiger charge is -2.54. The van der Waals surface area contributed by atoms with Crippen molar-refractivity contribution >= 4 is 16.7 Å². The van der Waals surface area contributed by atoms with Crippen LogP contribution in [0.4, 0.5) is 0 Å². The number of ether oxygens (including phenoxy) is 1. The Morgan fingerprint density at radius 3 is 2.50 bits per heavy atom. The Balaban J connectivity index is 0.000000274. The van der Waals surface area contributed by atoms with Crippen LogP contribution in [0.5, 0.6) is 11.5 Å². The summed E-state index contributed by atoms with van der Waals surface area (Å²) in [6.07, 6.45) is 6.34. The van der Waals surface area contributed by atoms with Crippen molar-refractivity contribution in [2.75, 3.05) is 27.2 Å². The van der Waals surface area contributed by atoms with Crippen LogP contribution in [0.1, 0.15) is 61.4 Å². The average molecular weight is 545 g/mol. The zero-order chi connectivity index (χ0) is 28.4. The quantitative estimate of drug-likeness (QED) is 0.411. The molecule has 6 heteroatoms. The van der Waals surface area contributed by atoms with E-state index in [-0.39, 0.29) is 29.7 Å². The van der Waals surface area contributed by atoms with E-state index in [9.17, 15) is 9.90 Å². The molecule has 6 rings (SSSR count). The first kappa shape index (κ1) is 28.4. The molecule has 0 radical (unpaired) electrons. The molecular formula is C34H44N2O4. The lowest BCUT2D eigenvalue weighted by molar-refractivity contribution is -0.144. The highest BCUT2D eigenvalue weighted by Crippen LogP contribution is 2.45. The summed E-state index contributed by atoms with van der Waals surface area (Å²) in [6, 6.07) is 19.8. The molecule has 1 aliphatic heterocycles. The summed E-state index contributed by atoms with van der Waals surface area (Å²) in [4.78, 5) is 17.7. The minimum absolute atomic E-state index is 0.0930. The van der Waals surface area contributed by atoms with Crippen molar-refractivity contribution in [2.24, 2.45) is 11.8 Å². The highest BCUT2D eigenvalue weighted by atomic mass is 16.5. The lowest BCUT2D eigenvalue weighted by Crippen LogP contribution is -2.63. The van der Waals surface area contributed by atoms with Crippen LogP contribution in [0.2, 0.25) is 0 Å². The van der Waals surface area contributed by atoms with E-state index in [0.717, 1.165) is 66.6 Å². The van der Waals surface area contributed by atoms with Gasteiger partial charge in [-0.1, -0.05) is 36.4 Å². The number of nitrogens with zero attached hydrogens (tertiary/aromatic N) is 2. The number of aryl methyl sites for hydroxylation is 1. The second-order valence-corrected chi connectivity index (χ2v) is 12.2. The van der Waals surface area contributed by atoms with Gasteiger partial charge in [-0.15, -0.1) is 0 Å². The molecule has 2 saturated carbocycles. The Bertz CT molecular complexity index is 1340. The number of fused-ring (bicyclic) bond motifs is 2. The molecule has 3 aromatic carbocycles. The van der Waals surface area contributed by atoms with Gasteiger partial charge in [-0.3, -0.25) is 9.69 Å². The maximum absolute atomic E-state index is 13.2. The predicted molar refractivity (Wildman–Crippen MR) is 160 cm³/mol. The van der Waals surface area contributed by atoms with Gasteiger partial charge < -0.3 is 19.8 Å². The number of rotatable bonds is 5. The van der Waals surface area contributed by atoms with Crippen LogP contribution in [-0.4, -0.2) is 70.9 Å². The number of benzene rings is 3. The largest absolute Gasteiger partial charge is 0.504 e. The van der Waals surface area contributed by atoms with Crippen molar-refractivity contribution in [3.8, 4) is 11.5 Å². The van der Waals surface area contributed by atoms with Crippen LogP contribution in [0.25, 0.3) is 10.8 Å². The van der Waals surface area contributed by atoms with E-state index in [1.165, 1.54) is 20.0 Å².